The lowest BCUT2D eigenvalue weighted by atomic mass is 9.99. The predicted octanol–water partition coefficient (Wildman–Crippen LogP) is 3.93. The van der Waals surface area contributed by atoms with Crippen LogP contribution in [-0.2, 0) is 26.1 Å². The van der Waals surface area contributed by atoms with Crippen molar-refractivity contribution in [3.05, 3.63) is 52.3 Å². The summed E-state index contributed by atoms with van der Waals surface area (Å²) in [7, 11) is -2.09. The average molecular weight is 538 g/mol. The smallest absolute Gasteiger partial charge is 0.252 e. The number of hydrogen-bond acceptors (Lipinski definition) is 6. The van der Waals surface area contributed by atoms with Crippen LogP contribution >= 0.6 is 22.9 Å². The van der Waals surface area contributed by atoms with E-state index in [1.54, 1.807) is 19.2 Å². The first kappa shape index (κ1) is 25.8. The molecular formula is C24H28ClN3O5S2. The number of nitrogens with zero attached hydrogens (tertiary/aromatic N) is 3. The average Bonchev–Trinajstić information content (AvgIpc) is 3.19. The number of amides is 1. The van der Waals surface area contributed by atoms with E-state index >= 15 is 0 Å². The Labute approximate surface area is 213 Å². The van der Waals surface area contributed by atoms with Crippen LogP contribution in [0.2, 0.25) is 5.02 Å². The maximum atomic E-state index is 13.2. The second-order valence-electron chi connectivity index (χ2n) is 8.20. The Morgan fingerprint density at radius 1 is 1.23 bits per heavy atom. The van der Waals surface area contributed by atoms with Crippen molar-refractivity contribution in [1.82, 2.24) is 8.87 Å². The summed E-state index contributed by atoms with van der Waals surface area (Å²) in [5.41, 5.74) is 0.942. The molecule has 1 aliphatic heterocycles. The molecule has 0 saturated carbocycles. The largest absolute Gasteiger partial charge is 0.494 e. The van der Waals surface area contributed by atoms with Crippen LogP contribution in [0.4, 0.5) is 0 Å². The van der Waals surface area contributed by atoms with Gasteiger partial charge in [0.05, 0.1) is 34.2 Å². The van der Waals surface area contributed by atoms with Gasteiger partial charge in [-0.1, -0.05) is 22.9 Å². The van der Waals surface area contributed by atoms with Crippen molar-refractivity contribution in [2.45, 2.75) is 31.2 Å². The van der Waals surface area contributed by atoms with Crippen molar-refractivity contribution in [2.24, 2.45) is 10.9 Å². The molecule has 2 aromatic carbocycles. The molecule has 1 unspecified atom stereocenters. The van der Waals surface area contributed by atoms with Gasteiger partial charge < -0.3 is 14.0 Å². The van der Waals surface area contributed by atoms with E-state index in [1.807, 2.05) is 29.7 Å². The lowest BCUT2D eigenvalue weighted by Gasteiger charge is -2.30. The van der Waals surface area contributed by atoms with Crippen LogP contribution in [0.25, 0.3) is 10.2 Å². The van der Waals surface area contributed by atoms with E-state index in [1.165, 1.54) is 27.8 Å². The van der Waals surface area contributed by atoms with Crippen molar-refractivity contribution in [2.75, 3.05) is 33.4 Å². The number of ether oxygens (including phenoxy) is 2. The zero-order valence-electron chi connectivity index (χ0n) is 19.6. The number of carbonyl (C=O) groups is 1. The number of sulfonamides is 1. The van der Waals surface area contributed by atoms with Crippen molar-refractivity contribution in [1.29, 1.82) is 0 Å². The lowest BCUT2D eigenvalue weighted by molar-refractivity contribution is -0.122. The van der Waals surface area contributed by atoms with E-state index in [0.717, 1.165) is 16.0 Å². The molecule has 1 saturated heterocycles. The molecule has 1 fully saturated rings. The van der Waals surface area contributed by atoms with Crippen LogP contribution in [-0.4, -0.2) is 56.6 Å². The Morgan fingerprint density at radius 2 is 2.00 bits per heavy atom. The van der Waals surface area contributed by atoms with E-state index in [4.69, 9.17) is 21.1 Å². The standard InChI is InChI=1S/C24H28ClN3O5S2/c1-3-33-19-8-11-21-22(15-19)34-24(28(21)13-14-32-2)26-23(29)17-5-4-12-27(16-17)35(30,31)20-9-6-18(25)7-10-20/h6-11,15,17H,3-5,12-14,16H2,1-2H3. The molecular weight excluding hydrogens is 510 g/mol. The highest BCUT2D eigenvalue weighted by Gasteiger charge is 2.33. The summed E-state index contributed by atoms with van der Waals surface area (Å²) in [5, 5.41) is 0.466. The minimum Gasteiger partial charge on any atom is -0.494 e. The summed E-state index contributed by atoms with van der Waals surface area (Å²) in [6.45, 7) is 3.97. The first-order chi connectivity index (χ1) is 16.8. The van der Waals surface area contributed by atoms with Crippen LogP contribution in [0.5, 0.6) is 5.75 Å². The summed E-state index contributed by atoms with van der Waals surface area (Å²) in [4.78, 5) is 18.4. The van der Waals surface area contributed by atoms with Crippen molar-refractivity contribution >= 4 is 49.1 Å². The van der Waals surface area contributed by atoms with Gasteiger partial charge in [-0.25, -0.2) is 8.42 Å². The second kappa shape index (κ2) is 11.2. The molecule has 188 valence electrons. The van der Waals surface area contributed by atoms with Gasteiger partial charge in [-0.05, 0) is 62.2 Å². The van der Waals surface area contributed by atoms with Crippen LogP contribution in [0.15, 0.2) is 52.4 Å². The van der Waals surface area contributed by atoms with Crippen molar-refractivity contribution in [3.8, 4) is 5.75 Å². The highest BCUT2D eigenvalue weighted by molar-refractivity contribution is 7.89. The molecule has 11 heteroatoms. The molecule has 0 bridgehead atoms. The molecule has 8 nitrogen and oxygen atoms in total. The molecule has 1 atom stereocenters. The van der Waals surface area contributed by atoms with Gasteiger partial charge in [0.1, 0.15) is 5.75 Å². The first-order valence-electron chi connectivity index (χ1n) is 11.4. The van der Waals surface area contributed by atoms with E-state index in [9.17, 15) is 13.2 Å². The maximum absolute atomic E-state index is 13.2. The van der Waals surface area contributed by atoms with E-state index in [2.05, 4.69) is 4.99 Å². The number of halogens is 1. The Bertz CT molecular complexity index is 1370. The Kier molecular flexibility index (Phi) is 8.28. The predicted molar refractivity (Wildman–Crippen MR) is 136 cm³/mol. The highest BCUT2D eigenvalue weighted by Crippen LogP contribution is 2.26. The van der Waals surface area contributed by atoms with Gasteiger partial charge in [0.25, 0.3) is 5.91 Å². The third-order valence-electron chi connectivity index (χ3n) is 5.87. The number of carbonyl (C=O) groups excluding carboxylic acids is 1. The number of thiazole rings is 1. The SMILES string of the molecule is CCOc1ccc2c(c1)sc(=NC(=O)C1CCCN(S(=O)(=O)c3ccc(Cl)cc3)C1)n2CCOC. The number of aromatic nitrogens is 1. The summed E-state index contributed by atoms with van der Waals surface area (Å²) in [6, 6.07) is 11.9. The molecule has 35 heavy (non-hydrogen) atoms. The lowest BCUT2D eigenvalue weighted by Crippen LogP contribution is -2.42. The van der Waals surface area contributed by atoms with Gasteiger partial charge in [-0.3, -0.25) is 4.79 Å². The molecule has 1 aromatic heterocycles. The second-order valence-corrected chi connectivity index (χ2v) is 11.6. The first-order valence-corrected chi connectivity index (χ1v) is 14.1. The molecule has 2 heterocycles. The van der Waals surface area contributed by atoms with Gasteiger partial charge in [-0.15, -0.1) is 0 Å². The van der Waals surface area contributed by atoms with Crippen LogP contribution < -0.4 is 9.54 Å². The third-order valence-corrected chi connectivity index (χ3v) is 9.05. The molecule has 3 aromatic rings. The highest BCUT2D eigenvalue weighted by atomic mass is 35.5. The Hall–Kier alpha value is -2.24. The third kappa shape index (κ3) is 5.78. The summed E-state index contributed by atoms with van der Waals surface area (Å²) in [6.07, 6.45) is 1.18. The number of fused-ring (bicyclic) bond motifs is 1. The molecule has 0 aliphatic carbocycles. The number of methoxy groups -OCH3 is 1. The summed E-state index contributed by atoms with van der Waals surface area (Å²) >= 11 is 7.31. The van der Waals surface area contributed by atoms with Crippen molar-refractivity contribution < 1.29 is 22.7 Å². The molecule has 1 amide bonds. The molecule has 0 spiro atoms. The summed E-state index contributed by atoms with van der Waals surface area (Å²) in [5.74, 6) is -0.0667. The maximum Gasteiger partial charge on any atom is 0.252 e. The van der Waals surface area contributed by atoms with E-state index in [-0.39, 0.29) is 17.3 Å². The van der Waals surface area contributed by atoms with E-state index in [0.29, 0.717) is 49.0 Å². The number of hydrogen-bond donors (Lipinski definition) is 0. The number of benzene rings is 2. The monoisotopic (exact) mass is 537 g/mol. The van der Waals surface area contributed by atoms with Gasteiger partial charge in [0, 0.05) is 31.8 Å². The van der Waals surface area contributed by atoms with E-state index < -0.39 is 15.9 Å². The zero-order valence-corrected chi connectivity index (χ0v) is 22.0. The number of rotatable bonds is 8. The summed E-state index contributed by atoms with van der Waals surface area (Å²) < 4.78 is 41.4. The van der Waals surface area contributed by atoms with Crippen LogP contribution in [0, 0.1) is 5.92 Å². The van der Waals surface area contributed by atoms with Crippen LogP contribution in [0.1, 0.15) is 19.8 Å². The fourth-order valence-electron chi connectivity index (χ4n) is 4.10. The Morgan fingerprint density at radius 3 is 2.71 bits per heavy atom. The zero-order chi connectivity index (χ0) is 25.0. The molecule has 4 rings (SSSR count). The topological polar surface area (TPSA) is 90.2 Å². The minimum absolute atomic E-state index is 0.102. The van der Waals surface area contributed by atoms with Gasteiger partial charge in [0.15, 0.2) is 4.80 Å². The van der Waals surface area contributed by atoms with Gasteiger partial charge in [-0.2, -0.15) is 9.30 Å². The quantitative estimate of drug-likeness (QED) is 0.434. The fourth-order valence-corrected chi connectivity index (χ4v) is 6.84. The van der Waals surface area contributed by atoms with Crippen LogP contribution in [0.3, 0.4) is 0 Å². The normalized spacial score (nSPS) is 17.7. The Balaban J connectivity index is 1.62. The molecule has 0 N–H and O–H groups in total. The minimum atomic E-state index is -3.72. The molecule has 1 aliphatic rings. The van der Waals surface area contributed by atoms with Crippen molar-refractivity contribution in [3.63, 3.8) is 0 Å². The van der Waals surface area contributed by atoms with Gasteiger partial charge in [0.2, 0.25) is 10.0 Å². The van der Waals surface area contributed by atoms with Gasteiger partial charge >= 0.3 is 0 Å². The fraction of sp³-hybridized carbons (Fsp3) is 0.417. The number of piperidine rings is 1. The molecule has 0 radical (unpaired) electrons.